The first kappa shape index (κ1) is 12.4. The average Bonchev–Trinajstić information content (AvgIpc) is 3.16. The molecule has 1 N–H and O–H groups in total. The molecule has 6 heterocycles. The molecule has 0 saturated carbocycles. The Morgan fingerprint density at radius 1 is 1.27 bits per heavy atom. The van der Waals surface area contributed by atoms with E-state index in [1.54, 1.807) is 10.7 Å². The van der Waals surface area contributed by atoms with E-state index in [9.17, 15) is 0 Å². The van der Waals surface area contributed by atoms with Gasteiger partial charge in [-0.3, -0.25) is 10.2 Å². The summed E-state index contributed by atoms with van der Waals surface area (Å²) in [5.74, 6) is 1.35. The van der Waals surface area contributed by atoms with Crippen LogP contribution in [-0.2, 0) is 4.74 Å². The van der Waals surface area contributed by atoms with E-state index in [1.807, 2.05) is 18.3 Å². The third-order valence-electron chi connectivity index (χ3n) is 5.10. The summed E-state index contributed by atoms with van der Waals surface area (Å²) in [5.41, 5.74) is 0.714. The number of fused-ring (bicyclic) bond motifs is 3. The third kappa shape index (κ3) is 1.81. The summed E-state index contributed by atoms with van der Waals surface area (Å²) in [6, 6.07) is 4.42. The van der Waals surface area contributed by atoms with Crippen LogP contribution >= 0.6 is 0 Å². The monoisotopic (exact) mass is 298 g/mol. The SMILES string of the molecule is c1cn2nc(NC3=NC[C@@]4(CN5CCC4CC5)O3)ccc2n1. The molecule has 114 valence electrons. The number of nitrogens with one attached hydrogen (secondary N) is 1. The lowest BCUT2D eigenvalue weighted by Crippen LogP contribution is -2.61. The molecule has 2 aromatic heterocycles. The molecule has 3 saturated heterocycles. The molecule has 2 bridgehead atoms. The number of amidine groups is 1. The quantitative estimate of drug-likeness (QED) is 0.850. The summed E-state index contributed by atoms with van der Waals surface area (Å²) in [6.07, 6.45) is 6.01. The number of rotatable bonds is 1. The number of piperidine rings is 3. The van der Waals surface area contributed by atoms with Crippen LogP contribution in [0.25, 0.3) is 5.65 Å². The maximum absolute atomic E-state index is 6.25. The van der Waals surface area contributed by atoms with E-state index in [1.165, 1.54) is 25.9 Å². The molecule has 0 amide bonds. The second-order valence-corrected chi connectivity index (χ2v) is 6.41. The Kier molecular flexibility index (Phi) is 2.49. The molecular formula is C15H18N6O. The Hall–Kier alpha value is -2.15. The number of nitrogens with zero attached hydrogens (tertiary/aromatic N) is 5. The van der Waals surface area contributed by atoms with Gasteiger partial charge in [0.25, 0.3) is 6.02 Å². The summed E-state index contributed by atoms with van der Waals surface area (Å²) in [7, 11) is 0. The van der Waals surface area contributed by atoms with Crippen LogP contribution in [-0.4, -0.2) is 57.3 Å². The first-order valence-corrected chi connectivity index (χ1v) is 7.84. The molecule has 22 heavy (non-hydrogen) atoms. The van der Waals surface area contributed by atoms with Crippen LogP contribution in [0.5, 0.6) is 0 Å². The van der Waals surface area contributed by atoms with Crippen molar-refractivity contribution in [2.24, 2.45) is 10.9 Å². The number of aliphatic imine (C=N–C) groups is 1. The van der Waals surface area contributed by atoms with Crippen LogP contribution < -0.4 is 5.32 Å². The molecule has 0 radical (unpaired) electrons. The summed E-state index contributed by atoms with van der Waals surface area (Å²) in [5, 5.41) is 7.66. The third-order valence-corrected chi connectivity index (χ3v) is 5.10. The van der Waals surface area contributed by atoms with E-state index >= 15 is 0 Å². The van der Waals surface area contributed by atoms with Gasteiger partial charge >= 0.3 is 0 Å². The smallest absolute Gasteiger partial charge is 0.291 e. The highest BCUT2D eigenvalue weighted by molar-refractivity contribution is 5.89. The van der Waals surface area contributed by atoms with Crippen LogP contribution in [0.2, 0.25) is 0 Å². The highest BCUT2D eigenvalue weighted by Gasteiger charge is 2.51. The zero-order chi connectivity index (χ0) is 14.6. The van der Waals surface area contributed by atoms with Crippen molar-refractivity contribution in [2.75, 3.05) is 31.5 Å². The predicted molar refractivity (Wildman–Crippen MR) is 81.9 cm³/mol. The predicted octanol–water partition coefficient (Wildman–Crippen LogP) is 0.992. The van der Waals surface area contributed by atoms with Crippen molar-refractivity contribution in [3.05, 3.63) is 24.5 Å². The Bertz CT molecular complexity index is 747. The molecular weight excluding hydrogens is 280 g/mol. The molecule has 7 nitrogen and oxygen atoms in total. The van der Waals surface area contributed by atoms with Gasteiger partial charge in [0, 0.05) is 24.9 Å². The van der Waals surface area contributed by atoms with Crippen LogP contribution in [0.4, 0.5) is 5.82 Å². The molecule has 1 atom stereocenters. The van der Waals surface area contributed by atoms with Crippen LogP contribution in [0.3, 0.4) is 0 Å². The van der Waals surface area contributed by atoms with Gasteiger partial charge in [-0.25, -0.2) is 14.5 Å². The zero-order valence-corrected chi connectivity index (χ0v) is 12.3. The average molecular weight is 298 g/mol. The van der Waals surface area contributed by atoms with Gasteiger partial charge in [-0.2, -0.15) is 0 Å². The first-order valence-electron chi connectivity index (χ1n) is 7.84. The number of ether oxygens (including phenoxy) is 1. The minimum Gasteiger partial charge on any atom is -0.455 e. The Morgan fingerprint density at radius 2 is 2.18 bits per heavy atom. The fourth-order valence-corrected chi connectivity index (χ4v) is 3.94. The van der Waals surface area contributed by atoms with Gasteiger partial charge in [0.1, 0.15) is 5.60 Å². The van der Waals surface area contributed by atoms with E-state index < -0.39 is 0 Å². The van der Waals surface area contributed by atoms with Gasteiger partial charge < -0.3 is 4.74 Å². The topological polar surface area (TPSA) is 67.0 Å². The van der Waals surface area contributed by atoms with Crippen molar-refractivity contribution in [3.8, 4) is 0 Å². The van der Waals surface area contributed by atoms with Crippen molar-refractivity contribution in [2.45, 2.75) is 18.4 Å². The second kappa shape index (κ2) is 4.42. The lowest BCUT2D eigenvalue weighted by molar-refractivity contribution is -0.0829. The standard InChI is InChI=1S/C15H18N6O/c1-2-13-16-5-8-21(13)19-12(1)18-14-17-9-15(22-14)10-20-6-3-11(15)4-7-20/h1-2,5,8,11H,3-4,6-7,9-10H2,(H,17,18,19)/t15-/m0/s1. The van der Waals surface area contributed by atoms with Gasteiger partial charge in [-0.15, -0.1) is 5.10 Å². The van der Waals surface area contributed by atoms with Crippen LogP contribution in [0, 0.1) is 5.92 Å². The maximum atomic E-state index is 6.25. The Morgan fingerprint density at radius 3 is 3.00 bits per heavy atom. The van der Waals surface area contributed by atoms with Crippen molar-refractivity contribution in [1.29, 1.82) is 0 Å². The number of hydrogen-bond donors (Lipinski definition) is 1. The van der Waals surface area contributed by atoms with Crippen molar-refractivity contribution in [3.63, 3.8) is 0 Å². The highest BCUT2D eigenvalue weighted by Crippen LogP contribution is 2.40. The van der Waals surface area contributed by atoms with Gasteiger partial charge in [-0.05, 0) is 38.1 Å². The lowest BCUT2D eigenvalue weighted by Gasteiger charge is -2.50. The van der Waals surface area contributed by atoms with Crippen LogP contribution in [0.1, 0.15) is 12.8 Å². The molecule has 4 aliphatic rings. The van der Waals surface area contributed by atoms with Crippen LogP contribution in [0.15, 0.2) is 29.5 Å². The van der Waals surface area contributed by atoms with Gasteiger partial charge in [-0.1, -0.05) is 0 Å². The summed E-state index contributed by atoms with van der Waals surface area (Å²) in [6.45, 7) is 4.17. The van der Waals surface area contributed by atoms with E-state index in [2.05, 4.69) is 25.3 Å². The minimum absolute atomic E-state index is 0.113. The van der Waals surface area contributed by atoms with Crippen molar-refractivity contribution in [1.82, 2.24) is 19.5 Å². The largest absolute Gasteiger partial charge is 0.455 e. The summed E-state index contributed by atoms with van der Waals surface area (Å²) < 4.78 is 7.99. The van der Waals surface area contributed by atoms with E-state index in [0.717, 1.165) is 24.6 Å². The fraction of sp³-hybridized carbons (Fsp3) is 0.533. The van der Waals surface area contributed by atoms with Crippen molar-refractivity contribution < 1.29 is 4.74 Å². The summed E-state index contributed by atoms with van der Waals surface area (Å²) >= 11 is 0. The molecule has 1 spiro atoms. The van der Waals surface area contributed by atoms with E-state index in [0.29, 0.717) is 11.9 Å². The molecule has 0 unspecified atom stereocenters. The highest BCUT2D eigenvalue weighted by atomic mass is 16.5. The fourth-order valence-electron chi connectivity index (χ4n) is 3.94. The van der Waals surface area contributed by atoms with Crippen molar-refractivity contribution >= 4 is 17.5 Å². The minimum atomic E-state index is -0.113. The second-order valence-electron chi connectivity index (χ2n) is 6.41. The molecule has 4 aliphatic heterocycles. The Balaban J connectivity index is 1.35. The lowest BCUT2D eigenvalue weighted by atomic mass is 9.75. The molecule has 7 heteroatoms. The van der Waals surface area contributed by atoms with Gasteiger partial charge in [0.2, 0.25) is 0 Å². The van der Waals surface area contributed by atoms with E-state index in [-0.39, 0.29) is 5.60 Å². The molecule has 2 aromatic rings. The molecule has 0 aromatic carbocycles. The van der Waals surface area contributed by atoms with Gasteiger partial charge in [0.15, 0.2) is 11.5 Å². The van der Waals surface area contributed by atoms with Gasteiger partial charge in [0.05, 0.1) is 6.54 Å². The number of aromatic nitrogens is 3. The number of imidazole rings is 1. The molecule has 3 fully saturated rings. The Labute approximate surface area is 128 Å². The van der Waals surface area contributed by atoms with E-state index in [4.69, 9.17) is 4.74 Å². The number of hydrogen-bond acceptors (Lipinski definition) is 6. The first-order chi connectivity index (χ1) is 10.8. The molecule has 6 rings (SSSR count). The maximum Gasteiger partial charge on any atom is 0.291 e. The number of anilines is 1. The zero-order valence-electron chi connectivity index (χ0n) is 12.3. The molecule has 0 aliphatic carbocycles. The summed E-state index contributed by atoms with van der Waals surface area (Å²) in [4.78, 5) is 11.3. The normalized spacial score (nSPS) is 33.2.